The summed E-state index contributed by atoms with van der Waals surface area (Å²) >= 11 is 0. The summed E-state index contributed by atoms with van der Waals surface area (Å²) in [6.07, 6.45) is -1.55. The first kappa shape index (κ1) is 19.9. The van der Waals surface area contributed by atoms with Crippen molar-refractivity contribution in [1.29, 1.82) is 5.41 Å². The van der Waals surface area contributed by atoms with Gasteiger partial charge in [0.15, 0.2) is 0 Å². The summed E-state index contributed by atoms with van der Waals surface area (Å²) in [7, 11) is 0. The predicted molar refractivity (Wildman–Crippen MR) is 102 cm³/mol. The molecular formula is C20H20F3N5. The maximum atomic E-state index is 13.5. The maximum Gasteiger partial charge on any atom is 0.418 e. The van der Waals surface area contributed by atoms with E-state index in [4.69, 9.17) is 16.9 Å². The standard InChI is InChI=1S/C20H20F3N5/c21-20(22,23)16-8-7-14(10-12-3-5-13(11-24)6-4-12)28-18(16)17(25)15-2-1-9-27-19(15)26/h2-9,19,25H,1,10-11,24,26H2. The molecule has 0 amide bonds. The summed E-state index contributed by atoms with van der Waals surface area (Å²) in [6, 6.07) is 9.77. The van der Waals surface area contributed by atoms with Crippen molar-refractivity contribution in [2.24, 2.45) is 16.5 Å². The fraction of sp³-hybridized carbons (Fsp3) is 0.250. The van der Waals surface area contributed by atoms with E-state index in [2.05, 4.69) is 9.98 Å². The predicted octanol–water partition coefficient (Wildman–Crippen LogP) is 3.20. The number of nitrogens with two attached hydrogens (primary N) is 2. The van der Waals surface area contributed by atoms with Gasteiger partial charge in [-0.15, -0.1) is 0 Å². The monoisotopic (exact) mass is 387 g/mol. The third kappa shape index (κ3) is 4.35. The lowest BCUT2D eigenvalue weighted by molar-refractivity contribution is -0.138. The molecule has 146 valence electrons. The SMILES string of the molecule is N=C(C1=CCC=NC1N)c1nc(Cc2ccc(CN)cc2)ccc1C(F)(F)F. The normalized spacial score (nSPS) is 16.8. The van der Waals surface area contributed by atoms with Crippen molar-refractivity contribution in [3.63, 3.8) is 0 Å². The number of aliphatic imine (C=N–C) groups is 1. The lowest BCUT2D eigenvalue weighted by Gasteiger charge is -2.19. The minimum absolute atomic E-state index is 0.241. The summed E-state index contributed by atoms with van der Waals surface area (Å²) in [5.74, 6) is 0. The summed E-state index contributed by atoms with van der Waals surface area (Å²) in [5.41, 5.74) is 12.2. The van der Waals surface area contributed by atoms with Crippen LogP contribution in [0, 0.1) is 5.41 Å². The second-order valence-electron chi connectivity index (χ2n) is 6.44. The van der Waals surface area contributed by atoms with Crippen molar-refractivity contribution in [2.45, 2.75) is 31.7 Å². The smallest absolute Gasteiger partial charge is 0.326 e. The molecule has 8 heteroatoms. The first-order valence-electron chi connectivity index (χ1n) is 8.71. The van der Waals surface area contributed by atoms with Gasteiger partial charge in [0.1, 0.15) is 11.9 Å². The molecule has 5 N–H and O–H groups in total. The summed E-state index contributed by atoms with van der Waals surface area (Å²) in [4.78, 5) is 8.15. The Kier molecular flexibility index (Phi) is 5.71. The van der Waals surface area contributed by atoms with Gasteiger partial charge >= 0.3 is 6.18 Å². The van der Waals surface area contributed by atoms with E-state index >= 15 is 0 Å². The highest BCUT2D eigenvalue weighted by Gasteiger charge is 2.36. The van der Waals surface area contributed by atoms with E-state index in [0.29, 0.717) is 25.1 Å². The van der Waals surface area contributed by atoms with Gasteiger partial charge in [0.25, 0.3) is 0 Å². The Bertz CT molecular complexity index is 930. The van der Waals surface area contributed by atoms with Crippen LogP contribution in [0.25, 0.3) is 0 Å². The molecule has 0 fully saturated rings. The molecule has 1 unspecified atom stereocenters. The molecule has 0 aliphatic carbocycles. The van der Waals surface area contributed by atoms with Crippen LogP contribution in [0.1, 0.15) is 34.5 Å². The van der Waals surface area contributed by atoms with Gasteiger partial charge in [-0.3, -0.25) is 15.4 Å². The molecule has 2 heterocycles. The van der Waals surface area contributed by atoms with E-state index in [9.17, 15) is 13.2 Å². The van der Waals surface area contributed by atoms with Crippen molar-refractivity contribution < 1.29 is 13.2 Å². The number of nitrogens with zero attached hydrogens (tertiary/aromatic N) is 2. The van der Waals surface area contributed by atoms with Crippen LogP contribution in [0.3, 0.4) is 0 Å². The van der Waals surface area contributed by atoms with Gasteiger partial charge in [-0.2, -0.15) is 13.2 Å². The minimum atomic E-state index is -4.63. The number of benzene rings is 1. The second kappa shape index (κ2) is 8.04. The number of dihydropyridines is 1. The van der Waals surface area contributed by atoms with Gasteiger partial charge in [0.05, 0.1) is 11.3 Å². The highest BCUT2D eigenvalue weighted by atomic mass is 19.4. The third-order valence-corrected chi connectivity index (χ3v) is 4.46. The van der Waals surface area contributed by atoms with Crippen LogP contribution in [0.2, 0.25) is 0 Å². The van der Waals surface area contributed by atoms with Gasteiger partial charge in [-0.05, 0) is 23.3 Å². The van der Waals surface area contributed by atoms with E-state index < -0.39 is 23.6 Å². The molecule has 0 bridgehead atoms. The van der Waals surface area contributed by atoms with E-state index in [1.165, 1.54) is 6.07 Å². The van der Waals surface area contributed by atoms with Crippen molar-refractivity contribution in [3.8, 4) is 0 Å². The molecule has 0 radical (unpaired) electrons. The zero-order chi connectivity index (χ0) is 20.3. The van der Waals surface area contributed by atoms with Gasteiger partial charge in [0.2, 0.25) is 0 Å². The molecule has 1 atom stereocenters. The molecule has 3 rings (SSSR count). The number of nitrogens with one attached hydrogen (secondary N) is 1. The Labute approximate surface area is 160 Å². The topological polar surface area (TPSA) is 101 Å². The van der Waals surface area contributed by atoms with E-state index in [0.717, 1.165) is 17.2 Å². The number of alkyl halides is 3. The Morgan fingerprint density at radius 1 is 1.11 bits per heavy atom. The molecule has 1 aromatic heterocycles. The summed E-state index contributed by atoms with van der Waals surface area (Å²) in [5, 5.41) is 8.31. The number of allylic oxidation sites excluding steroid dienone is 1. The van der Waals surface area contributed by atoms with Crippen LogP contribution in [0.5, 0.6) is 0 Å². The average Bonchev–Trinajstić information content (AvgIpc) is 2.67. The molecule has 1 aromatic carbocycles. The number of rotatable bonds is 5. The molecule has 0 spiro atoms. The van der Waals surface area contributed by atoms with E-state index in [1.807, 2.05) is 24.3 Å². The van der Waals surface area contributed by atoms with Gasteiger partial charge < -0.3 is 11.5 Å². The zero-order valence-electron chi connectivity index (χ0n) is 15.0. The number of pyridine rings is 1. The first-order chi connectivity index (χ1) is 13.3. The fourth-order valence-corrected chi connectivity index (χ4v) is 2.96. The fourth-order valence-electron chi connectivity index (χ4n) is 2.96. The Morgan fingerprint density at radius 3 is 2.39 bits per heavy atom. The quantitative estimate of drug-likeness (QED) is 0.687. The largest absolute Gasteiger partial charge is 0.418 e. The van der Waals surface area contributed by atoms with Crippen molar-refractivity contribution in [1.82, 2.24) is 4.98 Å². The van der Waals surface area contributed by atoms with Crippen LogP contribution in [-0.4, -0.2) is 23.1 Å². The number of aromatic nitrogens is 1. The van der Waals surface area contributed by atoms with E-state index in [1.54, 1.807) is 12.3 Å². The molecule has 28 heavy (non-hydrogen) atoms. The lowest BCUT2D eigenvalue weighted by atomic mass is 9.97. The number of hydrogen-bond acceptors (Lipinski definition) is 5. The summed E-state index contributed by atoms with van der Waals surface area (Å²) in [6.45, 7) is 0.415. The molecule has 0 saturated carbocycles. The van der Waals surface area contributed by atoms with E-state index in [-0.39, 0.29) is 11.3 Å². The highest BCUT2D eigenvalue weighted by Crippen LogP contribution is 2.33. The van der Waals surface area contributed by atoms with Crippen molar-refractivity contribution >= 4 is 11.9 Å². The van der Waals surface area contributed by atoms with Crippen LogP contribution in [0.15, 0.2) is 53.0 Å². The maximum absolute atomic E-state index is 13.5. The Balaban J connectivity index is 1.97. The first-order valence-corrected chi connectivity index (χ1v) is 8.71. The average molecular weight is 387 g/mol. The molecule has 1 aliphatic heterocycles. The third-order valence-electron chi connectivity index (χ3n) is 4.46. The second-order valence-corrected chi connectivity index (χ2v) is 6.44. The number of hydrogen-bond donors (Lipinski definition) is 3. The minimum Gasteiger partial charge on any atom is -0.326 e. The van der Waals surface area contributed by atoms with Gasteiger partial charge in [-0.25, -0.2) is 0 Å². The zero-order valence-corrected chi connectivity index (χ0v) is 15.0. The number of halogens is 3. The summed E-state index contributed by atoms with van der Waals surface area (Å²) < 4.78 is 40.5. The molecular weight excluding hydrogens is 367 g/mol. The van der Waals surface area contributed by atoms with Crippen molar-refractivity contribution in [3.05, 3.63) is 76.1 Å². The van der Waals surface area contributed by atoms with Crippen LogP contribution in [0.4, 0.5) is 13.2 Å². The lowest BCUT2D eigenvalue weighted by Crippen LogP contribution is -2.29. The van der Waals surface area contributed by atoms with Crippen LogP contribution >= 0.6 is 0 Å². The Hall–Kier alpha value is -2.84. The highest BCUT2D eigenvalue weighted by molar-refractivity contribution is 6.11. The van der Waals surface area contributed by atoms with Crippen molar-refractivity contribution in [2.75, 3.05) is 0 Å². The molecule has 2 aromatic rings. The Morgan fingerprint density at radius 2 is 1.79 bits per heavy atom. The molecule has 0 saturated heterocycles. The van der Waals surface area contributed by atoms with Gasteiger partial charge in [0, 0.05) is 36.9 Å². The van der Waals surface area contributed by atoms with Gasteiger partial charge in [-0.1, -0.05) is 30.3 Å². The molecule has 5 nitrogen and oxygen atoms in total. The molecule has 1 aliphatic rings. The van der Waals surface area contributed by atoms with Crippen LogP contribution in [-0.2, 0) is 19.1 Å². The van der Waals surface area contributed by atoms with Crippen LogP contribution < -0.4 is 11.5 Å².